The lowest BCUT2D eigenvalue weighted by Crippen LogP contribution is -2.51. The zero-order valence-corrected chi connectivity index (χ0v) is 24.2. The van der Waals surface area contributed by atoms with Crippen LogP contribution in [0.15, 0.2) is 48.5 Å². The van der Waals surface area contributed by atoms with Gasteiger partial charge in [-0.25, -0.2) is 0 Å². The van der Waals surface area contributed by atoms with Crippen LogP contribution in [0.5, 0.6) is 11.5 Å². The standard InChI is InChI=1S/C29H37N3O12/c1-43-23-6-4-21(5-7-23)19-44-24-8-2-20(3-9-24)12-22(32(17-28(39)40)18-29(41)42)13-30(14-25(33)34)10-11-31(15-26(35)36)16-27(37)38/h2-9,22H,10-19H2,1H3,(H,33,34)(H,35,36)(H,37,38)(H,39,40)(H,41,42). The lowest BCUT2D eigenvalue weighted by molar-refractivity contribution is -0.144. The molecule has 0 bridgehead atoms. The maximum Gasteiger partial charge on any atom is 0.317 e. The molecule has 5 N–H and O–H groups in total. The molecule has 2 rings (SSSR count). The second-order valence-electron chi connectivity index (χ2n) is 9.96. The molecular weight excluding hydrogens is 582 g/mol. The molecule has 0 heterocycles. The lowest BCUT2D eigenvalue weighted by atomic mass is 10.0. The molecule has 0 spiro atoms. The van der Waals surface area contributed by atoms with Gasteiger partial charge in [0, 0.05) is 25.7 Å². The van der Waals surface area contributed by atoms with E-state index in [-0.39, 0.29) is 26.1 Å². The van der Waals surface area contributed by atoms with Gasteiger partial charge in [-0.05, 0) is 41.8 Å². The van der Waals surface area contributed by atoms with E-state index in [0.29, 0.717) is 23.7 Å². The third-order valence-electron chi connectivity index (χ3n) is 6.43. The molecule has 0 fully saturated rings. The molecule has 0 radical (unpaired) electrons. The fourth-order valence-electron chi connectivity index (χ4n) is 4.46. The Morgan fingerprint density at radius 1 is 0.614 bits per heavy atom. The van der Waals surface area contributed by atoms with E-state index in [1.54, 1.807) is 31.4 Å². The molecule has 240 valence electrons. The van der Waals surface area contributed by atoms with Gasteiger partial charge in [-0.3, -0.25) is 38.7 Å². The van der Waals surface area contributed by atoms with Crippen molar-refractivity contribution < 1.29 is 59.0 Å². The maximum atomic E-state index is 11.6. The van der Waals surface area contributed by atoms with Crippen molar-refractivity contribution in [3.63, 3.8) is 0 Å². The minimum absolute atomic E-state index is 0.0739. The Hall–Kier alpha value is -4.73. The number of carboxylic acid groups (broad SMARTS) is 5. The van der Waals surface area contributed by atoms with Crippen LogP contribution in [0.4, 0.5) is 0 Å². The normalized spacial score (nSPS) is 11.8. The molecule has 15 nitrogen and oxygen atoms in total. The first kappa shape index (κ1) is 35.5. The van der Waals surface area contributed by atoms with Crippen LogP contribution in [-0.4, -0.2) is 136 Å². The largest absolute Gasteiger partial charge is 0.497 e. The summed E-state index contributed by atoms with van der Waals surface area (Å²) in [5, 5.41) is 46.7. The van der Waals surface area contributed by atoms with Crippen LogP contribution in [-0.2, 0) is 37.0 Å². The number of carboxylic acids is 5. The highest BCUT2D eigenvalue weighted by molar-refractivity contribution is 5.73. The van der Waals surface area contributed by atoms with Gasteiger partial charge >= 0.3 is 29.8 Å². The number of hydrogen-bond acceptors (Lipinski definition) is 10. The number of aliphatic carboxylic acids is 5. The van der Waals surface area contributed by atoms with Gasteiger partial charge < -0.3 is 35.0 Å². The minimum Gasteiger partial charge on any atom is -0.497 e. The van der Waals surface area contributed by atoms with E-state index in [1.807, 2.05) is 24.3 Å². The molecule has 0 saturated carbocycles. The second kappa shape index (κ2) is 18.0. The second-order valence-corrected chi connectivity index (χ2v) is 9.96. The summed E-state index contributed by atoms with van der Waals surface area (Å²) in [6.07, 6.45) is 0.142. The van der Waals surface area contributed by atoms with Gasteiger partial charge in [0.2, 0.25) is 0 Å². The van der Waals surface area contributed by atoms with Crippen molar-refractivity contribution in [1.29, 1.82) is 0 Å². The van der Waals surface area contributed by atoms with E-state index in [1.165, 1.54) is 9.80 Å². The topological polar surface area (TPSA) is 215 Å². The van der Waals surface area contributed by atoms with E-state index < -0.39 is 68.6 Å². The van der Waals surface area contributed by atoms with Crippen LogP contribution >= 0.6 is 0 Å². The van der Waals surface area contributed by atoms with Crippen molar-refractivity contribution in [3.8, 4) is 11.5 Å². The van der Waals surface area contributed by atoms with Crippen LogP contribution < -0.4 is 9.47 Å². The number of nitrogens with zero attached hydrogens (tertiary/aromatic N) is 3. The zero-order chi connectivity index (χ0) is 32.6. The summed E-state index contributed by atoms with van der Waals surface area (Å²) in [7, 11) is 1.57. The summed E-state index contributed by atoms with van der Waals surface area (Å²) >= 11 is 0. The Kier molecular flexibility index (Phi) is 14.5. The predicted octanol–water partition coefficient (Wildman–Crippen LogP) is 0.514. The van der Waals surface area contributed by atoms with E-state index in [4.69, 9.17) is 19.7 Å². The Labute approximate surface area is 253 Å². The molecule has 44 heavy (non-hydrogen) atoms. The molecule has 0 aliphatic heterocycles. The van der Waals surface area contributed by atoms with Crippen molar-refractivity contribution in [2.75, 3.05) is 59.5 Å². The van der Waals surface area contributed by atoms with Gasteiger partial charge in [0.1, 0.15) is 18.1 Å². The van der Waals surface area contributed by atoms with E-state index in [2.05, 4.69) is 0 Å². The molecule has 0 amide bonds. The summed E-state index contributed by atoms with van der Waals surface area (Å²) in [6, 6.07) is 13.4. The van der Waals surface area contributed by atoms with Crippen LogP contribution in [0.3, 0.4) is 0 Å². The fraction of sp³-hybridized carbons (Fsp3) is 0.414. The van der Waals surface area contributed by atoms with Crippen molar-refractivity contribution in [3.05, 3.63) is 59.7 Å². The predicted molar refractivity (Wildman–Crippen MR) is 154 cm³/mol. The van der Waals surface area contributed by atoms with Gasteiger partial charge in [0.15, 0.2) is 0 Å². The molecule has 15 heteroatoms. The summed E-state index contributed by atoms with van der Waals surface area (Å²) in [5.41, 5.74) is 1.61. The third kappa shape index (κ3) is 14.0. The molecule has 0 aliphatic carbocycles. The highest BCUT2D eigenvalue weighted by Gasteiger charge is 2.27. The van der Waals surface area contributed by atoms with Gasteiger partial charge in [-0.1, -0.05) is 24.3 Å². The SMILES string of the molecule is COc1ccc(COc2ccc(CC(CN(CCN(CC(=O)O)CC(=O)O)CC(=O)O)N(CC(=O)O)CC(=O)O)cc2)cc1. The Bertz CT molecular complexity index is 1220. The van der Waals surface area contributed by atoms with Gasteiger partial charge in [0.05, 0.1) is 39.8 Å². The Morgan fingerprint density at radius 2 is 1.05 bits per heavy atom. The first-order chi connectivity index (χ1) is 20.8. The zero-order valence-electron chi connectivity index (χ0n) is 24.2. The Morgan fingerprint density at radius 3 is 1.52 bits per heavy atom. The van der Waals surface area contributed by atoms with Gasteiger partial charge in [-0.2, -0.15) is 0 Å². The third-order valence-corrected chi connectivity index (χ3v) is 6.43. The number of ether oxygens (including phenoxy) is 2. The van der Waals surface area contributed by atoms with E-state index in [0.717, 1.165) is 10.5 Å². The highest BCUT2D eigenvalue weighted by Crippen LogP contribution is 2.19. The molecule has 0 aliphatic rings. The average Bonchev–Trinajstić information content (AvgIpc) is 2.93. The number of carbonyl (C=O) groups is 5. The van der Waals surface area contributed by atoms with Crippen LogP contribution in [0.2, 0.25) is 0 Å². The van der Waals surface area contributed by atoms with Crippen LogP contribution in [0.1, 0.15) is 11.1 Å². The maximum absolute atomic E-state index is 11.6. The first-order valence-electron chi connectivity index (χ1n) is 13.5. The lowest BCUT2D eigenvalue weighted by Gasteiger charge is -2.34. The van der Waals surface area contributed by atoms with Crippen molar-refractivity contribution in [2.45, 2.75) is 19.1 Å². The van der Waals surface area contributed by atoms with Gasteiger partial charge in [0.25, 0.3) is 0 Å². The quantitative estimate of drug-likeness (QED) is 0.121. The van der Waals surface area contributed by atoms with E-state index >= 15 is 0 Å². The van der Waals surface area contributed by atoms with Crippen molar-refractivity contribution in [1.82, 2.24) is 14.7 Å². The molecule has 0 aromatic heterocycles. The summed E-state index contributed by atoms with van der Waals surface area (Å²) < 4.78 is 11.0. The summed E-state index contributed by atoms with van der Waals surface area (Å²) in [4.78, 5) is 61.0. The minimum atomic E-state index is -1.28. The molecule has 1 atom stereocenters. The molecular formula is C29H37N3O12. The number of benzene rings is 2. The van der Waals surface area contributed by atoms with Crippen LogP contribution in [0.25, 0.3) is 0 Å². The first-order valence-corrected chi connectivity index (χ1v) is 13.5. The van der Waals surface area contributed by atoms with Gasteiger partial charge in [-0.15, -0.1) is 0 Å². The highest BCUT2D eigenvalue weighted by atomic mass is 16.5. The summed E-state index contributed by atoms with van der Waals surface area (Å²) in [5.74, 6) is -5.05. The summed E-state index contributed by atoms with van der Waals surface area (Å²) in [6.45, 7) is -2.97. The Balaban J connectivity index is 2.24. The monoisotopic (exact) mass is 619 g/mol. The number of hydrogen-bond donors (Lipinski definition) is 5. The molecule has 1 unspecified atom stereocenters. The van der Waals surface area contributed by atoms with Crippen molar-refractivity contribution in [2.24, 2.45) is 0 Å². The van der Waals surface area contributed by atoms with Crippen LogP contribution in [0, 0.1) is 0 Å². The molecule has 0 saturated heterocycles. The molecule has 2 aromatic carbocycles. The number of rotatable bonds is 22. The van der Waals surface area contributed by atoms with E-state index in [9.17, 15) is 39.3 Å². The number of methoxy groups -OCH3 is 1. The average molecular weight is 620 g/mol. The fourth-order valence-corrected chi connectivity index (χ4v) is 4.46. The molecule has 2 aromatic rings. The van der Waals surface area contributed by atoms with Crippen molar-refractivity contribution >= 4 is 29.8 Å². The smallest absolute Gasteiger partial charge is 0.317 e.